The van der Waals surface area contributed by atoms with Gasteiger partial charge in [-0.2, -0.15) is 0 Å². The minimum atomic E-state index is 0.538. The van der Waals surface area contributed by atoms with Crippen molar-refractivity contribution in [2.75, 3.05) is 0 Å². The molecule has 0 N–H and O–H groups in total. The van der Waals surface area contributed by atoms with E-state index < -0.39 is 0 Å². The van der Waals surface area contributed by atoms with Crippen molar-refractivity contribution in [2.24, 2.45) is 0 Å². The van der Waals surface area contributed by atoms with Crippen molar-refractivity contribution in [1.82, 2.24) is 4.98 Å². The average molecular weight is 261 g/mol. The zero-order valence-corrected chi connectivity index (χ0v) is 12.2. The maximum Gasteiger partial charge on any atom is 0.0738 e. The first-order chi connectivity index (χ1) is 9.65. The van der Waals surface area contributed by atoms with E-state index >= 15 is 0 Å². The van der Waals surface area contributed by atoms with E-state index in [2.05, 4.69) is 69.3 Å². The molecule has 1 nitrogen and oxygen atoms in total. The molecule has 0 unspecified atom stereocenters. The fraction of sp³-hybridized carbons (Fsp3) is 0.211. The third-order valence-electron chi connectivity index (χ3n) is 3.74. The Morgan fingerprint density at radius 1 is 0.900 bits per heavy atom. The van der Waals surface area contributed by atoms with Crippen molar-refractivity contribution in [3.8, 4) is 11.3 Å². The Morgan fingerprint density at radius 2 is 1.70 bits per heavy atom. The predicted molar refractivity (Wildman–Crippen MR) is 86.0 cm³/mol. The molecule has 0 aliphatic carbocycles. The normalized spacial score (nSPS) is 11.2. The second-order valence-corrected chi connectivity index (χ2v) is 5.63. The van der Waals surface area contributed by atoms with Gasteiger partial charge in [0.05, 0.1) is 11.2 Å². The van der Waals surface area contributed by atoms with Crippen molar-refractivity contribution in [3.63, 3.8) is 0 Å². The van der Waals surface area contributed by atoms with Crippen LogP contribution in [0.2, 0.25) is 0 Å². The number of pyridine rings is 1. The molecular formula is C19H19N. The highest BCUT2D eigenvalue weighted by molar-refractivity contribution is 5.83. The maximum absolute atomic E-state index is 4.85. The molecule has 20 heavy (non-hydrogen) atoms. The number of para-hydroxylation sites is 1. The summed E-state index contributed by atoms with van der Waals surface area (Å²) in [5.41, 5.74) is 5.94. The summed E-state index contributed by atoms with van der Waals surface area (Å²) >= 11 is 0. The van der Waals surface area contributed by atoms with E-state index in [1.54, 1.807) is 0 Å². The van der Waals surface area contributed by atoms with Crippen molar-refractivity contribution < 1.29 is 0 Å². The third-order valence-corrected chi connectivity index (χ3v) is 3.74. The Bertz CT molecular complexity index is 757. The highest BCUT2D eigenvalue weighted by Gasteiger charge is 2.07. The summed E-state index contributed by atoms with van der Waals surface area (Å²) in [4.78, 5) is 4.85. The van der Waals surface area contributed by atoms with Gasteiger partial charge in [-0.25, -0.2) is 4.98 Å². The van der Waals surface area contributed by atoms with Crippen LogP contribution >= 0.6 is 0 Å². The molecule has 0 aliphatic rings. The molecule has 0 saturated heterocycles. The van der Waals surface area contributed by atoms with E-state index in [0.29, 0.717) is 5.92 Å². The quantitative estimate of drug-likeness (QED) is 0.607. The highest BCUT2D eigenvalue weighted by Crippen LogP contribution is 2.27. The number of hydrogen-bond donors (Lipinski definition) is 0. The van der Waals surface area contributed by atoms with E-state index in [1.807, 2.05) is 6.07 Å². The number of hydrogen-bond acceptors (Lipinski definition) is 1. The van der Waals surface area contributed by atoms with Gasteiger partial charge < -0.3 is 0 Å². The monoisotopic (exact) mass is 261 g/mol. The lowest BCUT2D eigenvalue weighted by molar-refractivity contribution is 0.867. The van der Waals surface area contributed by atoms with Gasteiger partial charge in [0, 0.05) is 10.9 Å². The van der Waals surface area contributed by atoms with Crippen LogP contribution in [0, 0.1) is 6.92 Å². The zero-order chi connectivity index (χ0) is 14.1. The summed E-state index contributed by atoms with van der Waals surface area (Å²) in [6.45, 7) is 6.58. The minimum Gasteiger partial charge on any atom is -0.248 e. The largest absolute Gasteiger partial charge is 0.248 e. The molecule has 1 heteroatoms. The van der Waals surface area contributed by atoms with Gasteiger partial charge in [-0.1, -0.05) is 50.2 Å². The lowest BCUT2D eigenvalue weighted by Gasteiger charge is -2.11. The number of aromatic nitrogens is 1. The van der Waals surface area contributed by atoms with Gasteiger partial charge in [-0.3, -0.25) is 0 Å². The molecule has 0 saturated carbocycles. The molecule has 0 aliphatic heterocycles. The molecule has 3 aromatic rings. The van der Waals surface area contributed by atoms with Crippen molar-refractivity contribution in [1.29, 1.82) is 0 Å². The number of fused-ring (bicyclic) bond motifs is 1. The molecule has 3 rings (SSSR count). The minimum absolute atomic E-state index is 0.538. The summed E-state index contributed by atoms with van der Waals surface area (Å²) in [5.74, 6) is 0.538. The standard InChI is InChI=1S/C19H19N/c1-13(2)15-8-6-9-17(12-15)19-14(3)11-16-7-4-5-10-18(16)20-19/h4-13H,1-3H3. The number of nitrogens with zero attached hydrogens (tertiary/aromatic N) is 1. The molecular weight excluding hydrogens is 242 g/mol. The Kier molecular flexibility index (Phi) is 3.27. The Morgan fingerprint density at radius 3 is 2.50 bits per heavy atom. The van der Waals surface area contributed by atoms with Gasteiger partial charge in [0.2, 0.25) is 0 Å². The molecule has 2 aromatic carbocycles. The third kappa shape index (κ3) is 2.32. The molecule has 0 bridgehead atoms. The van der Waals surface area contributed by atoms with E-state index in [-0.39, 0.29) is 0 Å². The summed E-state index contributed by atoms with van der Waals surface area (Å²) in [5, 5.41) is 1.20. The SMILES string of the molecule is Cc1cc2ccccc2nc1-c1cccc(C(C)C)c1. The Labute approximate surface area is 120 Å². The first kappa shape index (κ1) is 12.9. The zero-order valence-electron chi connectivity index (χ0n) is 12.2. The van der Waals surface area contributed by atoms with Crippen LogP contribution in [0.25, 0.3) is 22.2 Å². The molecule has 1 aromatic heterocycles. The summed E-state index contributed by atoms with van der Waals surface area (Å²) < 4.78 is 0. The average Bonchev–Trinajstić information content (AvgIpc) is 2.46. The molecule has 0 radical (unpaired) electrons. The summed E-state index contributed by atoms with van der Waals surface area (Å²) in [7, 11) is 0. The first-order valence-electron chi connectivity index (χ1n) is 7.12. The number of aryl methyl sites for hydroxylation is 1. The number of benzene rings is 2. The van der Waals surface area contributed by atoms with E-state index in [0.717, 1.165) is 11.2 Å². The van der Waals surface area contributed by atoms with Crippen LogP contribution in [-0.2, 0) is 0 Å². The Hall–Kier alpha value is -2.15. The van der Waals surface area contributed by atoms with E-state index in [4.69, 9.17) is 4.98 Å². The van der Waals surface area contributed by atoms with Crippen LogP contribution < -0.4 is 0 Å². The summed E-state index contributed by atoms with van der Waals surface area (Å²) in [6.07, 6.45) is 0. The van der Waals surface area contributed by atoms with Gasteiger partial charge in [-0.05, 0) is 42.2 Å². The first-order valence-corrected chi connectivity index (χ1v) is 7.12. The van der Waals surface area contributed by atoms with Crippen LogP contribution in [0.1, 0.15) is 30.9 Å². The Balaban J connectivity index is 2.18. The van der Waals surface area contributed by atoms with Gasteiger partial charge in [0.25, 0.3) is 0 Å². The maximum atomic E-state index is 4.85. The lowest BCUT2D eigenvalue weighted by atomic mass is 9.97. The van der Waals surface area contributed by atoms with Crippen LogP contribution in [0.4, 0.5) is 0 Å². The second-order valence-electron chi connectivity index (χ2n) is 5.63. The van der Waals surface area contributed by atoms with E-state index in [9.17, 15) is 0 Å². The number of rotatable bonds is 2. The van der Waals surface area contributed by atoms with Crippen LogP contribution in [0.15, 0.2) is 54.6 Å². The van der Waals surface area contributed by atoms with Crippen LogP contribution in [0.3, 0.4) is 0 Å². The topological polar surface area (TPSA) is 12.9 Å². The molecule has 0 atom stereocenters. The van der Waals surface area contributed by atoms with Crippen LogP contribution in [-0.4, -0.2) is 4.98 Å². The molecule has 100 valence electrons. The molecule has 1 heterocycles. The predicted octanol–water partition coefficient (Wildman–Crippen LogP) is 5.33. The molecule has 0 amide bonds. The van der Waals surface area contributed by atoms with Gasteiger partial charge >= 0.3 is 0 Å². The van der Waals surface area contributed by atoms with E-state index in [1.165, 1.54) is 22.1 Å². The highest BCUT2D eigenvalue weighted by atomic mass is 14.7. The van der Waals surface area contributed by atoms with Crippen molar-refractivity contribution in [2.45, 2.75) is 26.7 Å². The van der Waals surface area contributed by atoms with Gasteiger partial charge in [0.1, 0.15) is 0 Å². The van der Waals surface area contributed by atoms with Crippen LogP contribution in [0.5, 0.6) is 0 Å². The second kappa shape index (κ2) is 5.09. The fourth-order valence-corrected chi connectivity index (χ4v) is 2.56. The molecule has 0 fully saturated rings. The molecule has 0 spiro atoms. The van der Waals surface area contributed by atoms with Crippen molar-refractivity contribution >= 4 is 10.9 Å². The van der Waals surface area contributed by atoms with Crippen molar-refractivity contribution in [3.05, 3.63) is 65.7 Å². The lowest BCUT2D eigenvalue weighted by Crippen LogP contribution is -1.92. The smallest absolute Gasteiger partial charge is 0.0738 e. The van der Waals surface area contributed by atoms with Gasteiger partial charge in [0.15, 0.2) is 0 Å². The summed E-state index contributed by atoms with van der Waals surface area (Å²) in [6, 6.07) is 19.2. The fourth-order valence-electron chi connectivity index (χ4n) is 2.56. The van der Waals surface area contributed by atoms with Gasteiger partial charge in [-0.15, -0.1) is 0 Å².